The van der Waals surface area contributed by atoms with Crippen LogP contribution in [-0.4, -0.2) is 16.1 Å². The Bertz CT molecular complexity index is 1070. The summed E-state index contributed by atoms with van der Waals surface area (Å²) >= 11 is 1.53. The molecule has 0 aliphatic heterocycles. The summed E-state index contributed by atoms with van der Waals surface area (Å²) in [6.45, 7) is 0. The lowest BCUT2D eigenvalue weighted by molar-refractivity contribution is -0.135. The number of fused-ring (bicyclic) bond motifs is 2. The zero-order valence-electron chi connectivity index (χ0n) is 13.3. The number of aliphatic carboxylic acids is 1. The number of para-hydroxylation sites is 1. The van der Waals surface area contributed by atoms with E-state index < -0.39 is 5.97 Å². The van der Waals surface area contributed by atoms with Gasteiger partial charge in [-0.15, -0.1) is 11.3 Å². The summed E-state index contributed by atoms with van der Waals surface area (Å²) in [5.41, 5.74) is 2.63. The number of hydrogen-bond donors (Lipinski definition) is 1. The van der Waals surface area contributed by atoms with Crippen molar-refractivity contribution in [3.05, 3.63) is 77.3 Å². The molecule has 122 valence electrons. The minimum absolute atomic E-state index is 0.0525. The number of rotatable bonds is 4. The van der Waals surface area contributed by atoms with E-state index in [2.05, 4.69) is 23.2 Å². The molecule has 0 saturated carbocycles. The molecule has 1 heterocycles. The summed E-state index contributed by atoms with van der Waals surface area (Å²) in [7, 11) is 0. The van der Waals surface area contributed by atoms with Crippen LogP contribution in [0.3, 0.4) is 0 Å². The minimum Gasteiger partial charge on any atom is -0.481 e. The van der Waals surface area contributed by atoms with E-state index >= 15 is 0 Å². The molecule has 0 amide bonds. The highest BCUT2D eigenvalue weighted by atomic mass is 32.1. The molecule has 4 aromatic rings. The van der Waals surface area contributed by atoms with Gasteiger partial charge in [-0.25, -0.2) is 4.98 Å². The highest BCUT2D eigenvalue weighted by Crippen LogP contribution is 2.31. The van der Waals surface area contributed by atoms with Crippen molar-refractivity contribution in [1.29, 1.82) is 0 Å². The molecule has 4 rings (SSSR count). The fourth-order valence-electron chi connectivity index (χ4n) is 2.92. The quantitative estimate of drug-likeness (QED) is 0.534. The lowest BCUT2D eigenvalue weighted by Crippen LogP contribution is -1.97. The van der Waals surface area contributed by atoms with Crippen molar-refractivity contribution in [3.8, 4) is 0 Å². The first-order valence-corrected chi connectivity index (χ1v) is 8.78. The molecule has 0 unspecified atom stereocenters. The van der Waals surface area contributed by atoms with Gasteiger partial charge in [-0.3, -0.25) is 4.79 Å². The maximum Gasteiger partial charge on any atom is 0.307 e. The minimum atomic E-state index is -0.856. The van der Waals surface area contributed by atoms with Crippen LogP contribution in [-0.2, 0) is 4.79 Å². The number of aromatic nitrogens is 1. The number of thiazole rings is 1. The van der Waals surface area contributed by atoms with Crippen molar-refractivity contribution in [3.63, 3.8) is 0 Å². The molecule has 1 aromatic heterocycles. The van der Waals surface area contributed by atoms with Crippen LogP contribution in [0.2, 0.25) is 0 Å². The summed E-state index contributed by atoms with van der Waals surface area (Å²) in [4.78, 5) is 16.0. The zero-order valence-corrected chi connectivity index (χ0v) is 14.2. The first kappa shape index (κ1) is 15.5. The number of carboxylic acids is 1. The van der Waals surface area contributed by atoms with Gasteiger partial charge in [0, 0.05) is 0 Å². The van der Waals surface area contributed by atoms with Crippen LogP contribution in [0.25, 0.3) is 32.6 Å². The highest BCUT2D eigenvalue weighted by Gasteiger charge is 2.13. The Morgan fingerprint density at radius 1 is 1.00 bits per heavy atom. The second-order valence-corrected chi connectivity index (χ2v) is 6.83. The highest BCUT2D eigenvalue weighted by molar-refractivity contribution is 7.19. The van der Waals surface area contributed by atoms with Gasteiger partial charge >= 0.3 is 5.97 Å². The van der Waals surface area contributed by atoms with Gasteiger partial charge in [0.25, 0.3) is 0 Å². The predicted octanol–water partition coefficient (Wildman–Crippen LogP) is 5.46. The lowest BCUT2D eigenvalue weighted by Gasteiger charge is -2.05. The van der Waals surface area contributed by atoms with E-state index in [9.17, 15) is 9.90 Å². The van der Waals surface area contributed by atoms with E-state index in [1.54, 1.807) is 0 Å². The summed E-state index contributed by atoms with van der Waals surface area (Å²) in [5, 5.41) is 12.3. The molecule has 0 radical (unpaired) electrons. The Kier molecular flexibility index (Phi) is 4.04. The predicted molar refractivity (Wildman–Crippen MR) is 104 cm³/mol. The van der Waals surface area contributed by atoms with Gasteiger partial charge in [0.2, 0.25) is 0 Å². The molecule has 0 aliphatic carbocycles. The van der Waals surface area contributed by atoms with E-state index in [1.165, 1.54) is 11.3 Å². The fraction of sp³-hybridized carbons (Fsp3) is 0.0476. The molecular weight excluding hydrogens is 330 g/mol. The zero-order chi connectivity index (χ0) is 17.2. The molecule has 3 nitrogen and oxygen atoms in total. The van der Waals surface area contributed by atoms with Crippen LogP contribution in [0.4, 0.5) is 0 Å². The Balaban J connectivity index is 1.88. The molecule has 0 atom stereocenters. The van der Waals surface area contributed by atoms with Crippen LogP contribution in [0.15, 0.2) is 66.7 Å². The summed E-state index contributed by atoms with van der Waals surface area (Å²) in [6.07, 6.45) is 1.90. The van der Waals surface area contributed by atoms with Crippen molar-refractivity contribution in [2.75, 3.05) is 0 Å². The number of carboxylic acid groups (broad SMARTS) is 1. The van der Waals surface area contributed by atoms with Crippen molar-refractivity contribution >= 4 is 49.9 Å². The molecule has 4 heteroatoms. The number of benzene rings is 3. The van der Waals surface area contributed by atoms with Crippen LogP contribution in [0.5, 0.6) is 0 Å². The molecule has 3 aromatic carbocycles. The van der Waals surface area contributed by atoms with E-state index in [0.29, 0.717) is 0 Å². The topological polar surface area (TPSA) is 50.2 Å². The second-order valence-electron chi connectivity index (χ2n) is 5.80. The van der Waals surface area contributed by atoms with Crippen LogP contribution in [0, 0.1) is 0 Å². The molecule has 0 saturated heterocycles. The average Bonchev–Trinajstić information content (AvgIpc) is 3.05. The Morgan fingerprint density at radius 2 is 1.76 bits per heavy atom. The van der Waals surface area contributed by atoms with Gasteiger partial charge in [0.05, 0.1) is 16.6 Å². The molecular formula is C21H15NO2S. The number of nitrogens with zero attached hydrogens (tertiary/aromatic N) is 1. The normalized spacial score (nSPS) is 11.9. The average molecular weight is 345 g/mol. The van der Waals surface area contributed by atoms with Gasteiger partial charge in [-0.2, -0.15) is 0 Å². The van der Waals surface area contributed by atoms with Gasteiger partial charge in [-0.05, 0) is 40.1 Å². The number of hydrogen-bond acceptors (Lipinski definition) is 3. The van der Waals surface area contributed by atoms with Gasteiger partial charge < -0.3 is 5.11 Å². The molecule has 25 heavy (non-hydrogen) atoms. The Hall–Kier alpha value is -2.98. The third kappa shape index (κ3) is 3.16. The van der Waals surface area contributed by atoms with E-state index in [1.807, 2.05) is 54.6 Å². The third-order valence-electron chi connectivity index (χ3n) is 4.06. The molecule has 1 N–H and O–H groups in total. The van der Waals surface area contributed by atoms with Crippen molar-refractivity contribution in [2.45, 2.75) is 6.42 Å². The summed E-state index contributed by atoms with van der Waals surface area (Å²) in [6, 6.07) is 22.0. The largest absolute Gasteiger partial charge is 0.481 e. The molecule has 0 bridgehead atoms. The van der Waals surface area contributed by atoms with Gasteiger partial charge in [-0.1, -0.05) is 54.6 Å². The van der Waals surface area contributed by atoms with E-state index in [4.69, 9.17) is 0 Å². The SMILES string of the molecule is O=C(O)C/C(=C/c1cccc2ccccc12)c1nc2ccccc2s1. The van der Waals surface area contributed by atoms with Crippen molar-refractivity contribution in [1.82, 2.24) is 4.98 Å². The van der Waals surface area contributed by atoms with Gasteiger partial charge in [0.15, 0.2) is 0 Å². The lowest BCUT2D eigenvalue weighted by atomic mass is 10.0. The Morgan fingerprint density at radius 3 is 2.60 bits per heavy atom. The standard InChI is InChI=1S/C21H15NO2S/c23-20(24)13-16(21-22-18-10-3-4-11-19(18)25-21)12-15-8-5-7-14-6-1-2-9-17(14)15/h1-12H,13H2,(H,23,24)/b16-12-. The monoisotopic (exact) mass is 345 g/mol. The maximum atomic E-state index is 11.4. The fourth-order valence-corrected chi connectivity index (χ4v) is 3.90. The summed E-state index contributed by atoms with van der Waals surface area (Å²) < 4.78 is 1.06. The van der Waals surface area contributed by atoms with E-state index in [-0.39, 0.29) is 6.42 Å². The number of carbonyl (C=O) groups is 1. The third-order valence-corrected chi connectivity index (χ3v) is 5.18. The van der Waals surface area contributed by atoms with Crippen LogP contribution < -0.4 is 0 Å². The molecule has 0 aliphatic rings. The first-order valence-electron chi connectivity index (χ1n) is 7.97. The van der Waals surface area contributed by atoms with Gasteiger partial charge in [0.1, 0.15) is 5.01 Å². The first-order chi connectivity index (χ1) is 12.2. The molecule has 0 fully saturated rings. The summed E-state index contributed by atoms with van der Waals surface area (Å²) in [5.74, 6) is -0.856. The van der Waals surface area contributed by atoms with Crippen LogP contribution in [0.1, 0.15) is 17.0 Å². The van der Waals surface area contributed by atoms with E-state index in [0.717, 1.165) is 37.1 Å². The van der Waals surface area contributed by atoms with Crippen molar-refractivity contribution in [2.24, 2.45) is 0 Å². The van der Waals surface area contributed by atoms with Crippen molar-refractivity contribution < 1.29 is 9.90 Å². The second kappa shape index (κ2) is 6.49. The smallest absolute Gasteiger partial charge is 0.307 e. The Labute approximate surface area is 148 Å². The maximum absolute atomic E-state index is 11.4. The van der Waals surface area contributed by atoms with Crippen LogP contribution >= 0.6 is 11.3 Å². The molecule has 0 spiro atoms.